The maximum atomic E-state index is 12.9. The summed E-state index contributed by atoms with van der Waals surface area (Å²) < 4.78 is 7.54. The SMILES string of the molecule is O=C(NC1CCOc2ccc(-c3ccncc3)cc21)c1cn2cc(Cl)ccc2n1. The molecule has 1 amide bonds. The van der Waals surface area contributed by atoms with Crippen LogP contribution in [0.4, 0.5) is 0 Å². The van der Waals surface area contributed by atoms with Crippen molar-refractivity contribution < 1.29 is 9.53 Å². The maximum Gasteiger partial charge on any atom is 0.271 e. The summed E-state index contributed by atoms with van der Waals surface area (Å²) in [5.41, 5.74) is 4.11. The van der Waals surface area contributed by atoms with Crippen molar-refractivity contribution in [2.24, 2.45) is 0 Å². The molecule has 0 spiro atoms. The van der Waals surface area contributed by atoms with Crippen molar-refractivity contribution >= 4 is 23.2 Å². The molecule has 0 radical (unpaired) electrons. The van der Waals surface area contributed by atoms with Gasteiger partial charge in [0.05, 0.1) is 17.7 Å². The van der Waals surface area contributed by atoms with Gasteiger partial charge in [0.1, 0.15) is 17.1 Å². The van der Waals surface area contributed by atoms with Gasteiger partial charge < -0.3 is 14.5 Å². The number of fused-ring (bicyclic) bond motifs is 2. The Labute approximate surface area is 172 Å². The number of ether oxygens (including phenoxy) is 1. The van der Waals surface area contributed by atoms with E-state index in [0.717, 1.165) is 22.4 Å². The number of nitrogens with zero attached hydrogens (tertiary/aromatic N) is 3. The van der Waals surface area contributed by atoms with Crippen LogP contribution in [0.5, 0.6) is 5.75 Å². The summed E-state index contributed by atoms with van der Waals surface area (Å²) in [4.78, 5) is 21.3. The van der Waals surface area contributed by atoms with E-state index in [1.165, 1.54) is 0 Å². The third-order valence-electron chi connectivity index (χ3n) is 5.02. The highest BCUT2D eigenvalue weighted by Gasteiger charge is 2.25. The predicted molar refractivity (Wildman–Crippen MR) is 110 cm³/mol. The second kappa shape index (κ2) is 7.22. The Kier molecular flexibility index (Phi) is 4.41. The van der Waals surface area contributed by atoms with E-state index in [-0.39, 0.29) is 11.9 Å². The average molecular weight is 405 g/mol. The van der Waals surface area contributed by atoms with Gasteiger partial charge in [0.25, 0.3) is 5.91 Å². The first-order valence-corrected chi connectivity index (χ1v) is 9.67. The molecule has 1 atom stereocenters. The van der Waals surface area contributed by atoms with Gasteiger partial charge in [-0.2, -0.15) is 0 Å². The minimum atomic E-state index is -0.225. The molecule has 5 rings (SSSR count). The highest BCUT2D eigenvalue weighted by molar-refractivity contribution is 6.30. The predicted octanol–water partition coefficient (Wildman–Crippen LogP) is 4.30. The number of carbonyl (C=O) groups excluding carboxylic acids is 1. The van der Waals surface area contributed by atoms with Gasteiger partial charge in [-0.1, -0.05) is 17.7 Å². The van der Waals surface area contributed by atoms with Crippen LogP contribution in [-0.4, -0.2) is 26.9 Å². The molecule has 7 heteroatoms. The van der Waals surface area contributed by atoms with E-state index in [1.807, 2.05) is 24.3 Å². The topological polar surface area (TPSA) is 68.5 Å². The zero-order valence-electron chi connectivity index (χ0n) is 15.4. The Balaban J connectivity index is 1.44. The zero-order valence-corrected chi connectivity index (χ0v) is 16.1. The molecule has 4 aromatic rings. The second-order valence-corrected chi connectivity index (χ2v) is 7.33. The minimum Gasteiger partial charge on any atom is -0.493 e. The molecule has 4 heterocycles. The van der Waals surface area contributed by atoms with Crippen LogP contribution in [0.2, 0.25) is 5.02 Å². The van der Waals surface area contributed by atoms with Gasteiger partial charge in [-0.25, -0.2) is 4.98 Å². The summed E-state index contributed by atoms with van der Waals surface area (Å²) in [6, 6.07) is 13.3. The first-order valence-electron chi connectivity index (χ1n) is 9.30. The molecule has 29 heavy (non-hydrogen) atoms. The van der Waals surface area contributed by atoms with E-state index in [0.29, 0.717) is 29.4 Å². The molecule has 0 saturated carbocycles. The van der Waals surface area contributed by atoms with Gasteiger partial charge in [-0.05, 0) is 47.5 Å². The normalized spacial score (nSPS) is 15.6. The van der Waals surface area contributed by atoms with E-state index < -0.39 is 0 Å². The van der Waals surface area contributed by atoms with Crippen molar-refractivity contribution in [2.45, 2.75) is 12.5 Å². The number of benzene rings is 1. The van der Waals surface area contributed by atoms with Crippen molar-refractivity contribution in [3.05, 3.63) is 83.5 Å². The number of imidazole rings is 1. The third kappa shape index (κ3) is 3.43. The van der Waals surface area contributed by atoms with Crippen molar-refractivity contribution in [3.63, 3.8) is 0 Å². The first kappa shape index (κ1) is 17.7. The molecular weight excluding hydrogens is 388 g/mol. The van der Waals surface area contributed by atoms with Crippen LogP contribution in [0.15, 0.2) is 67.3 Å². The first-order chi connectivity index (χ1) is 14.2. The summed E-state index contributed by atoms with van der Waals surface area (Å²) in [6.45, 7) is 0.549. The molecule has 1 aliphatic rings. The molecule has 1 aliphatic heterocycles. The van der Waals surface area contributed by atoms with E-state index in [9.17, 15) is 4.79 Å². The fourth-order valence-corrected chi connectivity index (χ4v) is 3.74. The smallest absolute Gasteiger partial charge is 0.271 e. The van der Waals surface area contributed by atoms with Gasteiger partial charge in [-0.15, -0.1) is 0 Å². The molecule has 0 fully saturated rings. The van der Waals surface area contributed by atoms with Gasteiger partial charge in [0.2, 0.25) is 0 Å². The lowest BCUT2D eigenvalue weighted by Gasteiger charge is -2.27. The fraction of sp³-hybridized carbons (Fsp3) is 0.136. The van der Waals surface area contributed by atoms with Crippen LogP contribution in [0.1, 0.15) is 28.5 Å². The van der Waals surface area contributed by atoms with Crippen LogP contribution >= 0.6 is 11.6 Å². The lowest BCUT2D eigenvalue weighted by atomic mass is 9.95. The van der Waals surface area contributed by atoms with Crippen molar-refractivity contribution in [2.75, 3.05) is 6.61 Å². The zero-order chi connectivity index (χ0) is 19.8. The summed E-state index contributed by atoms with van der Waals surface area (Å²) >= 11 is 6.02. The maximum absolute atomic E-state index is 12.9. The molecule has 6 nitrogen and oxygen atoms in total. The summed E-state index contributed by atoms with van der Waals surface area (Å²) in [5.74, 6) is 0.568. The third-order valence-corrected chi connectivity index (χ3v) is 5.24. The number of rotatable bonds is 3. The Morgan fingerprint density at radius 1 is 1.10 bits per heavy atom. The standard InChI is InChI=1S/C22H17ClN4O2/c23-16-2-4-21-25-19(13-27(21)12-16)22(28)26-18-7-10-29-20-3-1-15(11-17(18)20)14-5-8-24-9-6-14/h1-6,8-9,11-13,18H,7,10H2,(H,26,28). The number of pyridine rings is 2. The van der Waals surface area contributed by atoms with Crippen LogP contribution in [0.25, 0.3) is 16.8 Å². The van der Waals surface area contributed by atoms with Gasteiger partial charge >= 0.3 is 0 Å². The van der Waals surface area contributed by atoms with E-state index in [4.69, 9.17) is 16.3 Å². The molecule has 1 aromatic carbocycles. The summed E-state index contributed by atoms with van der Waals surface area (Å²) in [5, 5.41) is 3.69. The number of hydrogen-bond acceptors (Lipinski definition) is 4. The van der Waals surface area contributed by atoms with Gasteiger partial charge in [0.15, 0.2) is 0 Å². The highest BCUT2D eigenvalue weighted by Crippen LogP contribution is 2.35. The molecule has 0 bridgehead atoms. The molecular formula is C22H17ClN4O2. The van der Waals surface area contributed by atoms with Crippen molar-refractivity contribution in [3.8, 4) is 16.9 Å². The number of carbonyl (C=O) groups is 1. The molecule has 1 unspecified atom stereocenters. The molecule has 0 saturated heterocycles. The summed E-state index contributed by atoms with van der Waals surface area (Å²) in [7, 11) is 0. The molecule has 0 aliphatic carbocycles. The largest absolute Gasteiger partial charge is 0.493 e. The quantitative estimate of drug-likeness (QED) is 0.552. The fourth-order valence-electron chi connectivity index (χ4n) is 3.57. The minimum absolute atomic E-state index is 0.151. The van der Waals surface area contributed by atoms with Crippen molar-refractivity contribution in [1.29, 1.82) is 0 Å². The number of amides is 1. The molecule has 144 valence electrons. The molecule has 3 aromatic heterocycles. The number of nitrogens with one attached hydrogen (secondary N) is 1. The van der Waals surface area contributed by atoms with E-state index >= 15 is 0 Å². The highest BCUT2D eigenvalue weighted by atomic mass is 35.5. The number of aromatic nitrogens is 3. The lowest BCUT2D eigenvalue weighted by molar-refractivity contribution is 0.0920. The van der Waals surface area contributed by atoms with Crippen LogP contribution < -0.4 is 10.1 Å². The van der Waals surface area contributed by atoms with Crippen LogP contribution in [0.3, 0.4) is 0 Å². The van der Waals surface area contributed by atoms with E-state index in [2.05, 4.69) is 21.4 Å². The monoisotopic (exact) mass is 404 g/mol. The average Bonchev–Trinajstić information content (AvgIpc) is 3.18. The van der Waals surface area contributed by atoms with Gasteiger partial charge in [0, 0.05) is 36.8 Å². The van der Waals surface area contributed by atoms with E-state index in [1.54, 1.807) is 41.3 Å². The number of halogens is 1. The molecule has 1 N–H and O–H groups in total. The number of hydrogen-bond donors (Lipinski definition) is 1. The second-order valence-electron chi connectivity index (χ2n) is 6.89. The Morgan fingerprint density at radius 2 is 1.97 bits per heavy atom. The Bertz CT molecular complexity index is 1210. The van der Waals surface area contributed by atoms with Gasteiger partial charge in [-0.3, -0.25) is 9.78 Å². The van der Waals surface area contributed by atoms with Crippen molar-refractivity contribution in [1.82, 2.24) is 19.7 Å². The van der Waals surface area contributed by atoms with Crippen LogP contribution in [0, 0.1) is 0 Å². The van der Waals surface area contributed by atoms with Crippen LogP contribution in [-0.2, 0) is 0 Å². The Morgan fingerprint density at radius 3 is 2.83 bits per heavy atom. The summed E-state index contributed by atoms with van der Waals surface area (Å²) in [6.07, 6.45) is 7.63. The lowest BCUT2D eigenvalue weighted by Crippen LogP contribution is -2.32. The Hall–Kier alpha value is -3.38.